The van der Waals surface area contributed by atoms with Crippen molar-refractivity contribution in [3.05, 3.63) is 17.5 Å². The molecule has 1 aliphatic heterocycles. The molecule has 1 aromatic rings. The van der Waals surface area contributed by atoms with Gasteiger partial charge in [-0.2, -0.15) is 5.10 Å². The van der Waals surface area contributed by atoms with E-state index in [-0.39, 0.29) is 5.91 Å². The standard InChI is InChI=1S/C19H32N4O2/c1-16-14-18(20-23(16)19-6-4-3-5-7-19)15-25-13-12-21-8-10-22(11-9-21)17(2)24/h14,19H,3-13,15H2,1-2H3. The van der Waals surface area contributed by atoms with Gasteiger partial charge in [-0.3, -0.25) is 14.4 Å². The van der Waals surface area contributed by atoms with E-state index in [9.17, 15) is 4.79 Å². The van der Waals surface area contributed by atoms with E-state index in [0.29, 0.717) is 12.6 Å². The molecule has 0 radical (unpaired) electrons. The molecule has 1 aliphatic carbocycles. The highest BCUT2D eigenvalue weighted by Gasteiger charge is 2.19. The maximum absolute atomic E-state index is 11.3. The highest BCUT2D eigenvalue weighted by atomic mass is 16.5. The van der Waals surface area contributed by atoms with Crippen LogP contribution in [0.4, 0.5) is 0 Å². The van der Waals surface area contributed by atoms with Crippen LogP contribution in [0.5, 0.6) is 0 Å². The second-order valence-corrected chi connectivity index (χ2v) is 7.41. The van der Waals surface area contributed by atoms with E-state index < -0.39 is 0 Å². The van der Waals surface area contributed by atoms with Crippen LogP contribution < -0.4 is 0 Å². The van der Waals surface area contributed by atoms with Gasteiger partial charge in [0, 0.05) is 45.3 Å². The van der Waals surface area contributed by atoms with E-state index in [2.05, 4.69) is 22.6 Å². The molecule has 0 bridgehead atoms. The van der Waals surface area contributed by atoms with Gasteiger partial charge in [0.2, 0.25) is 5.91 Å². The Kier molecular flexibility index (Phi) is 6.48. The maximum Gasteiger partial charge on any atom is 0.219 e. The molecular weight excluding hydrogens is 316 g/mol. The summed E-state index contributed by atoms with van der Waals surface area (Å²) in [4.78, 5) is 15.6. The van der Waals surface area contributed by atoms with Gasteiger partial charge in [0.15, 0.2) is 0 Å². The first kappa shape index (κ1) is 18.4. The van der Waals surface area contributed by atoms with Crippen molar-refractivity contribution in [2.75, 3.05) is 39.3 Å². The lowest BCUT2D eigenvalue weighted by Gasteiger charge is -2.34. The number of rotatable bonds is 6. The third kappa shape index (κ3) is 5.05. The molecule has 6 heteroatoms. The molecule has 25 heavy (non-hydrogen) atoms. The maximum atomic E-state index is 11.3. The SMILES string of the molecule is CC(=O)N1CCN(CCOCc2cc(C)n(C3CCCCC3)n2)CC1. The molecule has 1 saturated carbocycles. The van der Waals surface area contributed by atoms with Crippen LogP contribution in [0.25, 0.3) is 0 Å². The summed E-state index contributed by atoms with van der Waals surface area (Å²) in [6, 6.07) is 2.75. The van der Waals surface area contributed by atoms with Gasteiger partial charge in [-0.1, -0.05) is 19.3 Å². The largest absolute Gasteiger partial charge is 0.374 e. The molecule has 1 amide bonds. The zero-order chi connectivity index (χ0) is 17.6. The summed E-state index contributed by atoms with van der Waals surface area (Å²) in [6.45, 7) is 9.58. The van der Waals surface area contributed by atoms with Crippen molar-refractivity contribution in [1.29, 1.82) is 0 Å². The third-order valence-electron chi connectivity index (χ3n) is 5.51. The Morgan fingerprint density at radius 3 is 2.60 bits per heavy atom. The topological polar surface area (TPSA) is 50.6 Å². The van der Waals surface area contributed by atoms with Crippen molar-refractivity contribution < 1.29 is 9.53 Å². The number of nitrogens with zero attached hydrogens (tertiary/aromatic N) is 4. The predicted octanol–water partition coefficient (Wildman–Crippen LogP) is 2.38. The molecule has 0 atom stereocenters. The van der Waals surface area contributed by atoms with Crippen LogP contribution in [0.1, 0.15) is 56.5 Å². The molecule has 0 aromatic carbocycles. The van der Waals surface area contributed by atoms with Crippen molar-refractivity contribution in [1.82, 2.24) is 19.6 Å². The highest BCUT2D eigenvalue weighted by Crippen LogP contribution is 2.28. The van der Waals surface area contributed by atoms with Gasteiger partial charge >= 0.3 is 0 Å². The van der Waals surface area contributed by atoms with Gasteiger partial charge in [-0.15, -0.1) is 0 Å². The minimum absolute atomic E-state index is 0.180. The van der Waals surface area contributed by atoms with Crippen molar-refractivity contribution in [2.45, 2.75) is 58.6 Å². The number of aromatic nitrogens is 2. The molecule has 0 N–H and O–H groups in total. The molecular formula is C19H32N4O2. The van der Waals surface area contributed by atoms with Gasteiger partial charge in [0.1, 0.15) is 0 Å². The summed E-state index contributed by atoms with van der Waals surface area (Å²) in [7, 11) is 0. The van der Waals surface area contributed by atoms with Gasteiger partial charge in [0.05, 0.1) is 24.9 Å². The quantitative estimate of drug-likeness (QED) is 0.741. The van der Waals surface area contributed by atoms with Gasteiger partial charge in [-0.25, -0.2) is 0 Å². The first-order chi connectivity index (χ1) is 12.1. The Bertz CT molecular complexity index is 558. The molecule has 1 aromatic heterocycles. The van der Waals surface area contributed by atoms with Crippen LogP contribution in [0.15, 0.2) is 6.07 Å². The summed E-state index contributed by atoms with van der Waals surface area (Å²) >= 11 is 0. The molecule has 2 fully saturated rings. The number of aryl methyl sites for hydroxylation is 1. The normalized spacial score (nSPS) is 20.2. The van der Waals surface area contributed by atoms with Crippen LogP contribution >= 0.6 is 0 Å². The first-order valence-corrected chi connectivity index (χ1v) is 9.74. The molecule has 0 spiro atoms. The van der Waals surface area contributed by atoms with Crippen LogP contribution in [0.2, 0.25) is 0 Å². The minimum atomic E-state index is 0.180. The molecule has 140 valence electrons. The fourth-order valence-corrected chi connectivity index (χ4v) is 3.98. The monoisotopic (exact) mass is 348 g/mol. The Morgan fingerprint density at radius 1 is 1.20 bits per heavy atom. The lowest BCUT2D eigenvalue weighted by Crippen LogP contribution is -2.48. The number of hydrogen-bond acceptors (Lipinski definition) is 4. The molecule has 2 heterocycles. The van der Waals surface area contributed by atoms with Gasteiger partial charge in [0.25, 0.3) is 0 Å². The lowest BCUT2D eigenvalue weighted by atomic mass is 9.95. The Hall–Kier alpha value is -1.40. The molecule has 6 nitrogen and oxygen atoms in total. The summed E-state index contributed by atoms with van der Waals surface area (Å²) in [6.07, 6.45) is 6.54. The van der Waals surface area contributed by atoms with Crippen LogP contribution in [0, 0.1) is 6.92 Å². The number of carbonyl (C=O) groups excluding carboxylic acids is 1. The van der Waals surface area contributed by atoms with E-state index in [1.807, 2.05) is 4.90 Å². The zero-order valence-electron chi connectivity index (χ0n) is 15.7. The number of amides is 1. The number of hydrogen-bond donors (Lipinski definition) is 0. The zero-order valence-corrected chi connectivity index (χ0v) is 15.7. The van der Waals surface area contributed by atoms with Crippen LogP contribution in [0.3, 0.4) is 0 Å². The molecule has 3 rings (SSSR count). The highest BCUT2D eigenvalue weighted by molar-refractivity contribution is 5.73. The second kappa shape index (κ2) is 8.81. The summed E-state index contributed by atoms with van der Waals surface area (Å²) < 4.78 is 8.08. The van der Waals surface area contributed by atoms with Crippen molar-refractivity contribution in [3.8, 4) is 0 Å². The summed E-state index contributed by atoms with van der Waals surface area (Å²) in [5.74, 6) is 0.180. The molecule has 0 unspecified atom stereocenters. The van der Waals surface area contributed by atoms with E-state index in [4.69, 9.17) is 9.84 Å². The Balaban J connectivity index is 1.37. The van der Waals surface area contributed by atoms with Crippen molar-refractivity contribution in [2.24, 2.45) is 0 Å². The van der Waals surface area contributed by atoms with Crippen molar-refractivity contribution >= 4 is 5.91 Å². The minimum Gasteiger partial charge on any atom is -0.374 e. The average Bonchev–Trinajstić information content (AvgIpc) is 3.00. The van der Waals surface area contributed by atoms with E-state index in [0.717, 1.165) is 45.0 Å². The lowest BCUT2D eigenvalue weighted by molar-refractivity contribution is -0.130. The number of ether oxygens (including phenoxy) is 1. The Labute approximate surface area is 151 Å². The van der Waals surface area contributed by atoms with E-state index >= 15 is 0 Å². The Morgan fingerprint density at radius 2 is 1.92 bits per heavy atom. The van der Waals surface area contributed by atoms with Crippen LogP contribution in [-0.4, -0.2) is 64.8 Å². The summed E-state index contributed by atoms with van der Waals surface area (Å²) in [5, 5.41) is 4.78. The smallest absolute Gasteiger partial charge is 0.219 e. The number of piperazine rings is 1. The second-order valence-electron chi connectivity index (χ2n) is 7.41. The first-order valence-electron chi connectivity index (χ1n) is 9.74. The number of carbonyl (C=O) groups is 1. The average molecular weight is 348 g/mol. The fraction of sp³-hybridized carbons (Fsp3) is 0.789. The van der Waals surface area contributed by atoms with Crippen LogP contribution in [-0.2, 0) is 16.1 Å². The van der Waals surface area contributed by atoms with E-state index in [1.54, 1.807) is 6.92 Å². The summed E-state index contributed by atoms with van der Waals surface area (Å²) in [5.41, 5.74) is 2.30. The molecule has 1 saturated heterocycles. The van der Waals surface area contributed by atoms with Crippen molar-refractivity contribution in [3.63, 3.8) is 0 Å². The third-order valence-corrected chi connectivity index (χ3v) is 5.51. The van der Waals surface area contributed by atoms with Gasteiger partial charge in [-0.05, 0) is 25.8 Å². The predicted molar refractivity (Wildman–Crippen MR) is 97.4 cm³/mol. The molecule has 2 aliphatic rings. The fourth-order valence-electron chi connectivity index (χ4n) is 3.98. The van der Waals surface area contributed by atoms with E-state index in [1.165, 1.54) is 37.8 Å². The van der Waals surface area contributed by atoms with Gasteiger partial charge < -0.3 is 9.64 Å².